The summed E-state index contributed by atoms with van der Waals surface area (Å²) in [6, 6.07) is 28.0. The zero-order valence-electron chi connectivity index (χ0n) is 20.7. The fourth-order valence-corrected chi connectivity index (χ4v) is 5.02. The van der Waals surface area contributed by atoms with Gasteiger partial charge in [-0.2, -0.15) is 0 Å². The van der Waals surface area contributed by atoms with E-state index in [4.69, 9.17) is 4.74 Å². The molecule has 4 rings (SSSR count). The van der Waals surface area contributed by atoms with Gasteiger partial charge in [-0.15, -0.1) is 0 Å². The molecule has 0 saturated carbocycles. The molecule has 4 heteroatoms. The van der Waals surface area contributed by atoms with E-state index in [1.807, 2.05) is 6.07 Å². The molecule has 0 aromatic heterocycles. The zero-order chi connectivity index (χ0) is 23.9. The third-order valence-electron chi connectivity index (χ3n) is 6.78. The summed E-state index contributed by atoms with van der Waals surface area (Å²) in [6.07, 6.45) is -0.504. The lowest BCUT2D eigenvalue weighted by Gasteiger charge is -2.40. The van der Waals surface area contributed by atoms with E-state index in [1.54, 1.807) is 0 Å². The van der Waals surface area contributed by atoms with Gasteiger partial charge in [-0.1, -0.05) is 80.6 Å². The van der Waals surface area contributed by atoms with Gasteiger partial charge in [0.25, 0.3) is 0 Å². The molecule has 1 fully saturated rings. The van der Waals surface area contributed by atoms with Gasteiger partial charge in [0.15, 0.2) is 0 Å². The Kier molecular flexibility index (Phi) is 8.39. The summed E-state index contributed by atoms with van der Waals surface area (Å²) in [5.74, 6) is 1.33. The number of piperazine rings is 1. The summed E-state index contributed by atoms with van der Waals surface area (Å²) < 4.78 is 5.91. The number of nitrogens with zero attached hydrogens (tertiary/aromatic N) is 2. The van der Waals surface area contributed by atoms with Crippen molar-refractivity contribution >= 4 is 0 Å². The highest BCUT2D eigenvalue weighted by molar-refractivity contribution is 5.36. The smallest absolute Gasteiger partial charge is 0.119 e. The summed E-state index contributed by atoms with van der Waals surface area (Å²) in [5, 5.41) is 10.6. The summed E-state index contributed by atoms with van der Waals surface area (Å²) in [7, 11) is 0. The number of hydrogen-bond donors (Lipinski definition) is 1. The second-order valence-electron chi connectivity index (χ2n) is 9.70. The highest BCUT2D eigenvalue weighted by Crippen LogP contribution is 2.29. The Bertz CT molecular complexity index is 975. The first-order valence-electron chi connectivity index (χ1n) is 12.5. The van der Waals surface area contributed by atoms with Crippen LogP contribution in [0, 0.1) is 6.92 Å². The lowest BCUT2D eigenvalue weighted by atomic mass is 9.96. The highest BCUT2D eigenvalue weighted by atomic mass is 16.5. The predicted molar refractivity (Wildman–Crippen MR) is 140 cm³/mol. The third kappa shape index (κ3) is 6.26. The highest BCUT2D eigenvalue weighted by Gasteiger charge is 2.27. The molecule has 0 unspecified atom stereocenters. The number of β-amino-alcohol motifs (C(OH)–C–C–N with tert-alkyl or cyclic N) is 1. The fraction of sp³-hybridized carbons (Fsp3) is 0.400. The van der Waals surface area contributed by atoms with Crippen molar-refractivity contribution in [1.82, 2.24) is 9.80 Å². The Hall–Kier alpha value is -2.66. The number of aliphatic hydroxyl groups excluding tert-OH is 1. The van der Waals surface area contributed by atoms with Crippen LogP contribution in [0.15, 0.2) is 78.9 Å². The summed E-state index contributed by atoms with van der Waals surface area (Å²) in [5.41, 5.74) is 5.24. The van der Waals surface area contributed by atoms with Crippen LogP contribution < -0.4 is 4.74 Å². The van der Waals surface area contributed by atoms with Crippen molar-refractivity contribution in [2.75, 3.05) is 39.3 Å². The molecular weight excluding hydrogens is 420 g/mol. The number of aryl methyl sites for hydroxylation is 1. The number of hydrogen-bond acceptors (Lipinski definition) is 4. The maximum absolute atomic E-state index is 10.6. The standard InChI is InChI=1S/C30H38N2O2/c1-23(2)29-15-14-28(20-24(29)3)34-22-27(33)21-31-16-18-32(19-17-31)30(25-10-6-4-7-11-25)26-12-8-5-9-13-26/h4-15,20,23,27,30,33H,16-19,21-22H2,1-3H3/t27-/m1/s1. The van der Waals surface area contributed by atoms with E-state index in [1.165, 1.54) is 22.3 Å². The van der Waals surface area contributed by atoms with Crippen molar-refractivity contribution in [3.63, 3.8) is 0 Å². The van der Waals surface area contributed by atoms with Gasteiger partial charge in [0.2, 0.25) is 0 Å². The van der Waals surface area contributed by atoms with E-state index >= 15 is 0 Å². The zero-order valence-corrected chi connectivity index (χ0v) is 20.7. The molecule has 0 amide bonds. The number of benzene rings is 3. The van der Waals surface area contributed by atoms with Crippen LogP contribution in [0.4, 0.5) is 0 Å². The topological polar surface area (TPSA) is 35.9 Å². The largest absolute Gasteiger partial charge is 0.491 e. The van der Waals surface area contributed by atoms with Crippen molar-refractivity contribution in [2.45, 2.75) is 38.8 Å². The molecule has 0 aliphatic carbocycles. The molecule has 0 bridgehead atoms. The molecule has 34 heavy (non-hydrogen) atoms. The minimum atomic E-state index is -0.504. The van der Waals surface area contributed by atoms with Crippen molar-refractivity contribution < 1.29 is 9.84 Å². The minimum Gasteiger partial charge on any atom is -0.491 e. The molecule has 0 spiro atoms. The van der Waals surface area contributed by atoms with Crippen molar-refractivity contribution in [1.29, 1.82) is 0 Å². The average molecular weight is 459 g/mol. The van der Waals surface area contributed by atoms with Crippen LogP contribution in [0.2, 0.25) is 0 Å². The fourth-order valence-electron chi connectivity index (χ4n) is 5.02. The third-order valence-corrected chi connectivity index (χ3v) is 6.78. The lowest BCUT2D eigenvalue weighted by molar-refractivity contribution is 0.0400. The molecule has 1 atom stereocenters. The van der Waals surface area contributed by atoms with E-state index in [9.17, 15) is 5.11 Å². The maximum atomic E-state index is 10.6. The Morgan fingerprint density at radius 3 is 1.94 bits per heavy atom. The quantitative estimate of drug-likeness (QED) is 0.474. The molecule has 1 aliphatic heterocycles. The van der Waals surface area contributed by atoms with E-state index in [2.05, 4.69) is 103 Å². The number of rotatable bonds is 9. The first-order chi connectivity index (χ1) is 16.5. The second kappa shape index (κ2) is 11.7. The maximum Gasteiger partial charge on any atom is 0.119 e. The molecule has 0 radical (unpaired) electrons. The van der Waals surface area contributed by atoms with Gasteiger partial charge in [0.1, 0.15) is 18.5 Å². The molecular formula is C30H38N2O2. The Balaban J connectivity index is 1.30. The van der Waals surface area contributed by atoms with Crippen molar-refractivity contribution in [3.05, 3.63) is 101 Å². The van der Waals surface area contributed by atoms with Crippen LogP contribution >= 0.6 is 0 Å². The summed E-state index contributed by atoms with van der Waals surface area (Å²) in [4.78, 5) is 4.91. The van der Waals surface area contributed by atoms with Crippen LogP contribution in [0.1, 0.15) is 48.1 Å². The van der Waals surface area contributed by atoms with Gasteiger partial charge in [-0.25, -0.2) is 0 Å². The Labute approximate surface area is 204 Å². The molecule has 1 N–H and O–H groups in total. The van der Waals surface area contributed by atoms with Gasteiger partial charge in [0, 0.05) is 32.7 Å². The molecule has 4 nitrogen and oxygen atoms in total. The van der Waals surface area contributed by atoms with Crippen LogP contribution in [0.25, 0.3) is 0 Å². The van der Waals surface area contributed by atoms with Gasteiger partial charge in [-0.3, -0.25) is 9.80 Å². The molecule has 180 valence electrons. The van der Waals surface area contributed by atoms with Gasteiger partial charge in [0.05, 0.1) is 6.04 Å². The first kappa shape index (κ1) is 24.5. The second-order valence-corrected chi connectivity index (χ2v) is 9.70. The van der Waals surface area contributed by atoms with Gasteiger partial charge >= 0.3 is 0 Å². The van der Waals surface area contributed by atoms with Crippen LogP contribution in [-0.4, -0.2) is 60.3 Å². The Morgan fingerprint density at radius 2 is 1.41 bits per heavy atom. The van der Waals surface area contributed by atoms with Gasteiger partial charge in [-0.05, 0) is 47.2 Å². The Morgan fingerprint density at radius 1 is 0.824 bits per heavy atom. The number of ether oxygens (including phenoxy) is 1. The van der Waals surface area contributed by atoms with Crippen LogP contribution in [0.5, 0.6) is 5.75 Å². The van der Waals surface area contributed by atoms with Crippen LogP contribution in [0.3, 0.4) is 0 Å². The minimum absolute atomic E-state index is 0.259. The molecule has 3 aromatic rings. The summed E-state index contributed by atoms with van der Waals surface area (Å²) in [6.45, 7) is 11.3. The molecule has 3 aromatic carbocycles. The van der Waals surface area contributed by atoms with E-state index in [0.29, 0.717) is 19.1 Å². The van der Waals surface area contributed by atoms with Crippen molar-refractivity contribution in [2.24, 2.45) is 0 Å². The first-order valence-corrected chi connectivity index (χ1v) is 12.5. The molecule has 1 heterocycles. The SMILES string of the molecule is Cc1cc(OC[C@H](O)CN2CCN(C(c3ccccc3)c3ccccc3)CC2)ccc1C(C)C. The number of aliphatic hydroxyl groups is 1. The normalized spacial score (nSPS) is 16.2. The average Bonchev–Trinajstić information content (AvgIpc) is 2.85. The van der Waals surface area contributed by atoms with E-state index in [0.717, 1.165) is 31.9 Å². The summed E-state index contributed by atoms with van der Waals surface area (Å²) >= 11 is 0. The van der Waals surface area contributed by atoms with Gasteiger partial charge < -0.3 is 9.84 Å². The molecule has 1 aliphatic rings. The van der Waals surface area contributed by atoms with E-state index < -0.39 is 6.10 Å². The lowest BCUT2D eigenvalue weighted by Crippen LogP contribution is -2.50. The predicted octanol–water partition coefficient (Wildman–Crippen LogP) is 5.27. The monoisotopic (exact) mass is 458 g/mol. The van der Waals surface area contributed by atoms with Crippen LogP contribution in [-0.2, 0) is 0 Å². The van der Waals surface area contributed by atoms with E-state index in [-0.39, 0.29) is 6.04 Å². The molecule has 1 saturated heterocycles. The van der Waals surface area contributed by atoms with Crippen molar-refractivity contribution in [3.8, 4) is 5.75 Å².